The Morgan fingerprint density at radius 3 is 2.71 bits per heavy atom. The van der Waals surface area contributed by atoms with E-state index in [0.717, 1.165) is 4.47 Å². The van der Waals surface area contributed by atoms with Gasteiger partial charge in [0.1, 0.15) is 0 Å². The van der Waals surface area contributed by atoms with Gasteiger partial charge in [-0.3, -0.25) is 4.79 Å². The van der Waals surface area contributed by atoms with Crippen LogP contribution in [0.25, 0.3) is 0 Å². The second kappa shape index (κ2) is 6.02. The summed E-state index contributed by atoms with van der Waals surface area (Å²) < 4.78 is 0.769. The van der Waals surface area contributed by atoms with Gasteiger partial charge in [-0.2, -0.15) is 0 Å². The number of amides is 1. The van der Waals surface area contributed by atoms with Crippen molar-refractivity contribution in [3.8, 4) is 0 Å². The first kappa shape index (κ1) is 14.0. The molecule has 0 saturated carbocycles. The molecule has 0 aliphatic heterocycles. The highest BCUT2D eigenvalue weighted by molar-refractivity contribution is 9.10. The summed E-state index contributed by atoms with van der Waals surface area (Å²) in [6.07, 6.45) is 0. The number of carbonyl (C=O) groups excluding carboxylic acids is 1. The maximum absolute atomic E-state index is 11.9. The number of benzene rings is 1. The average Bonchev–Trinajstić information content (AvgIpc) is 2.31. The van der Waals surface area contributed by atoms with Crippen LogP contribution >= 0.6 is 15.9 Å². The number of nitrogen functional groups attached to an aromatic ring is 1. The number of carbonyl (C=O) groups is 1. The number of hydrogen-bond acceptors (Lipinski definition) is 3. The summed E-state index contributed by atoms with van der Waals surface area (Å²) in [7, 11) is 0. The maximum atomic E-state index is 11.9. The number of aliphatic hydroxyl groups is 1. The van der Waals surface area contributed by atoms with E-state index < -0.39 is 0 Å². The molecule has 4 nitrogen and oxygen atoms in total. The molecule has 1 rings (SSSR count). The van der Waals surface area contributed by atoms with Crippen LogP contribution in [0.1, 0.15) is 24.2 Å². The fourth-order valence-corrected chi connectivity index (χ4v) is 1.52. The van der Waals surface area contributed by atoms with E-state index in [-0.39, 0.29) is 24.5 Å². The lowest BCUT2D eigenvalue weighted by Crippen LogP contribution is -2.38. The second-order valence-corrected chi connectivity index (χ2v) is 5.01. The lowest BCUT2D eigenvalue weighted by Gasteiger charge is -2.19. The highest BCUT2D eigenvalue weighted by Crippen LogP contribution is 2.20. The van der Waals surface area contributed by atoms with Gasteiger partial charge in [-0.1, -0.05) is 6.92 Å². The lowest BCUT2D eigenvalue weighted by molar-refractivity contribution is 0.0916. The van der Waals surface area contributed by atoms with E-state index in [4.69, 9.17) is 10.8 Å². The number of hydrogen-bond donors (Lipinski definition) is 3. The standard InChI is InChI=1S/C12H17BrN2O2/c1-7(6-16)8(2)15-12(17)9-3-4-10(13)11(14)5-9/h3-5,7-8,16H,6,14H2,1-2H3,(H,15,17). The zero-order valence-corrected chi connectivity index (χ0v) is 11.5. The van der Waals surface area contributed by atoms with Gasteiger partial charge in [-0.05, 0) is 47.0 Å². The third-order valence-electron chi connectivity index (χ3n) is 2.76. The van der Waals surface area contributed by atoms with E-state index in [9.17, 15) is 4.79 Å². The number of nitrogens with one attached hydrogen (secondary N) is 1. The molecule has 0 radical (unpaired) electrons. The van der Waals surface area contributed by atoms with Gasteiger partial charge in [0, 0.05) is 28.4 Å². The minimum atomic E-state index is -0.183. The molecule has 2 unspecified atom stereocenters. The van der Waals surface area contributed by atoms with Gasteiger partial charge in [0.15, 0.2) is 0 Å². The van der Waals surface area contributed by atoms with Gasteiger partial charge in [-0.25, -0.2) is 0 Å². The predicted molar refractivity (Wildman–Crippen MR) is 71.7 cm³/mol. The van der Waals surface area contributed by atoms with Crippen molar-refractivity contribution in [2.75, 3.05) is 12.3 Å². The van der Waals surface area contributed by atoms with Crippen LogP contribution in [-0.4, -0.2) is 23.7 Å². The number of rotatable bonds is 4. The van der Waals surface area contributed by atoms with E-state index in [1.807, 2.05) is 13.8 Å². The Bertz CT molecular complexity index is 409. The molecule has 0 fully saturated rings. The predicted octanol–water partition coefficient (Wildman–Crippen LogP) is 1.78. The summed E-state index contributed by atoms with van der Waals surface area (Å²) in [6.45, 7) is 3.78. The normalized spacial score (nSPS) is 14.1. The number of aliphatic hydroxyl groups excluding tert-OH is 1. The van der Waals surface area contributed by atoms with Crippen molar-refractivity contribution in [2.45, 2.75) is 19.9 Å². The third kappa shape index (κ3) is 3.71. The van der Waals surface area contributed by atoms with Crippen LogP contribution in [0.4, 0.5) is 5.69 Å². The molecule has 17 heavy (non-hydrogen) atoms. The molecule has 0 aliphatic rings. The Morgan fingerprint density at radius 2 is 2.18 bits per heavy atom. The van der Waals surface area contributed by atoms with Crippen molar-refractivity contribution in [1.82, 2.24) is 5.32 Å². The number of halogens is 1. The van der Waals surface area contributed by atoms with E-state index in [0.29, 0.717) is 11.3 Å². The molecule has 0 spiro atoms. The molecule has 94 valence electrons. The summed E-state index contributed by atoms with van der Waals surface area (Å²) in [5, 5.41) is 11.8. The SMILES string of the molecule is CC(CO)C(C)NC(=O)c1ccc(Br)c(N)c1. The van der Waals surface area contributed by atoms with Crippen LogP contribution in [-0.2, 0) is 0 Å². The van der Waals surface area contributed by atoms with Crippen molar-refractivity contribution in [1.29, 1.82) is 0 Å². The molecule has 0 aliphatic carbocycles. The molecule has 1 aromatic rings. The van der Waals surface area contributed by atoms with Gasteiger partial charge < -0.3 is 16.2 Å². The maximum Gasteiger partial charge on any atom is 0.251 e. The van der Waals surface area contributed by atoms with Crippen LogP contribution in [0, 0.1) is 5.92 Å². The van der Waals surface area contributed by atoms with Crippen molar-refractivity contribution in [2.24, 2.45) is 5.92 Å². The second-order valence-electron chi connectivity index (χ2n) is 4.16. The van der Waals surface area contributed by atoms with E-state index in [2.05, 4.69) is 21.2 Å². The Balaban J connectivity index is 2.73. The van der Waals surface area contributed by atoms with Gasteiger partial charge in [0.25, 0.3) is 5.91 Å². The molecular formula is C12H17BrN2O2. The highest BCUT2D eigenvalue weighted by atomic mass is 79.9. The molecule has 2 atom stereocenters. The highest BCUT2D eigenvalue weighted by Gasteiger charge is 2.15. The molecule has 0 aromatic heterocycles. The Labute approximate surface area is 109 Å². The van der Waals surface area contributed by atoms with Crippen molar-refractivity contribution in [3.05, 3.63) is 28.2 Å². The topological polar surface area (TPSA) is 75.3 Å². The molecule has 0 bridgehead atoms. The summed E-state index contributed by atoms with van der Waals surface area (Å²) >= 11 is 3.27. The van der Waals surface area contributed by atoms with Crippen molar-refractivity contribution >= 4 is 27.5 Å². The Hall–Kier alpha value is -1.07. The summed E-state index contributed by atoms with van der Waals surface area (Å²) in [5.74, 6) is -0.163. The molecule has 0 heterocycles. The zero-order chi connectivity index (χ0) is 13.0. The third-order valence-corrected chi connectivity index (χ3v) is 3.48. The van der Waals surface area contributed by atoms with Crippen LogP contribution in [0.5, 0.6) is 0 Å². The van der Waals surface area contributed by atoms with Crippen LogP contribution < -0.4 is 11.1 Å². The molecular weight excluding hydrogens is 284 g/mol. The van der Waals surface area contributed by atoms with Crippen LogP contribution in [0.15, 0.2) is 22.7 Å². The first-order chi connectivity index (χ1) is 7.95. The fraction of sp³-hybridized carbons (Fsp3) is 0.417. The van der Waals surface area contributed by atoms with Gasteiger partial charge in [0.2, 0.25) is 0 Å². The molecule has 5 heteroatoms. The Kier molecular flexibility index (Phi) is 4.96. The van der Waals surface area contributed by atoms with Gasteiger partial charge in [-0.15, -0.1) is 0 Å². The monoisotopic (exact) mass is 300 g/mol. The molecule has 0 saturated heterocycles. The quantitative estimate of drug-likeness (QED) is 0.742. The first-order valence-corrected chi connectivity index (χ1v) is 6.21. The van der Waals surface area contributed by atoms with E-state index in [1.165, 1.54) is 0 Å². The minimum absolute atomic E-state index is 0.0201. The Morgan fingerprint density at radius 1 is 1.53 bits per heavy atom. The summed E-state index contributed by atoms with van der Waals surface area (Å²) in [5.41, 5.74) is 6.75. The zero-order valence-electron chi connectivity index (χ0n) is 9.90. The van der Waals surface area contributed by atoms with Gasteiger partial charge in [0.05, 0.1) is 0 Å². The van der Waals surface area contributed by atoms with Crippen molar-refractivity contribution < 1.29 is 9.90 Å². The minimum Gasteiger partial charge on any atom is -0.398 e. The largest absolute Gasteiger partial charge is 0.398 e. The summed E-state index contributed by atoms with van der Waals surface area (Å²) in [6, 6.07) is 4.98. The average molecular weight is 301 g/mol. The van der Waals surface area contributed by atoms with Crippen LogP contribution in [0.3, 0.4) is 0 Å². The van der Waals surface area contributed by atoms with Crippen molar-refractivity contribution in [3.63, 3.8) is 0 Å². The van der Waals surface area contributed by atoms with Crippen LogP contribution in [0.2, 0.25) is 0 Å². The summed E-state index contributed by atoms with van der Waals surface area (Å²) in [4.78, 5) is 11.9. The number of nitrogens with two attached hydrogens (primary N) is 1. The molecule has 4 N–H and O–H groups in total. The lowest BCUT2D eigenvalue weighted by atomic mass is 10.0. The molecule has 1 aromatic carbocycles. The molecule has 1 amide bonds. The van der Waals surface area contributed by atoms with E-state index >= 15 is 0 Å². The number of anilines is 1. The fourth-order valence-electron chi connectivity index (χ4n) is 1.28. The first-order valence-electron chi connectivity index (χ1n) is 5.42. The smallest absolute Gasteiger partial charge is 0.251 e. The van der Waals surface area contributed by atoms with E-state index in [1.54, 1.807) is 18.2 Å². The van der Waals surface area contributed by atoms with Gasteiger partial charge >= 0.3 is 0 Å².